The summed E-state index contributed by atoms with van der Waals surface area (Å²) in [7, 11) is 0. The van der Waals surface area contributed by atoms with E-state index in [1.54, 1.807) is 0 Å². The standard InChI is InChI=1S/3C48H32N2/c1-3-15-33(16-4-1)38-24-14-25-39(34-17-5-2-6-18-34)48(38)50-46-28-12-9-23-42(46)43-32-36(29-30-47(43)50)35-19-13-20-37(31-35)49-44-26-10-7-21-40(44)41-22-8-11-27-45(41)49;1-3-14-33(15-4-1)39-28-27-38(32-43(39)34-16-5-2-6-17-34)50-47-25-12-9-22-42(47)44-31-36(26-29-48(44)50)35-18-13-19-37(30-35)49-45-23-10-7-20-40(45)41-21-8-11-24-46(41)49;1-3-14-33(15-4-1)37-28-38(34-16-5-2-6-17-34)31-40(30-37)50-47-25-12-9-22-43(47)44-32-36(26-27-48(44)50)35-18-13-19-39(29-35)49-45-23-10-7-20-41(45)42-21-8-11-24-46(42)49/h3*1-32H. The molecular weight excluding hydrogens is 1810 g/mol. The molecule has 24 aromatic carbocycles. The Balaban J connectivity index is 0.000000108. The SMILES string of the molecule is c1ccc(-c2cc(-c3ccccc3)cc(-n3c4ccccc4c4cc(-c5cccc(-n6c7ccccc7c7ccccc76)c5)ccc43)c2)cc1.c1ccc(-c2ccc(-n3c4ccccc4c4cc(-c5cccc(-n6c7ccccc7c7ccccc76)c5)ccc43)cc2-c2ccccc2)cc1.c1ccc(-c2cccc(-c3ccccc3)c2-n2c3ccccc3c3cc(-c4cccc(-n5c6ccccc6c6ccccc65)c4)ccc32)cc1. The van der Waals surface area contributed by atoms with Gasteiger partial charge in [0.2, 0.25) is 0 Å². The first kappa shape index (κ1) is 87.8. The molecule has 150 heavy (non-hydrogen) atoms. The van der Waals surface area contributed by atoms with Crippen molar-refractivity contribution in [3.63, 3.8) is 0 Å². The fourth-order valence-corrected chi connectivity index (χ4v) is 23.5. The van der Waals surface area contributed by atoms with Crippen LogP contribution in [-0.2, 0) is 0 Å². The van der Waals surface area contributed by atoms with Crippen LogP contribution in [0, 0.1) is 0 Å². The van der Waals surface area contributed by atoms with E-state index in [2.05, 4.69) is 610 Å². The van der Waals surface area contributed by atoms with Crippen LogP contribution < -0.4 is 0 Å². The maximum Gasteiger partial charge on any atom is 0.0618 e. The topological polar surface area (TPSA) is 29.6 Å². The Hall–Kier alpha value is -19.9. The van der Waals surface area contributed by atoms with Gasteiger partial charge in [0.15, 0.2) is 0 Å². The second kappa shape index (κ2) is 37.4. The predicted molar refractivity (Wildman–Crippen MR) is 634 cm³/mol. The Morgan fingerprint density at radius 3 is 0.600 bits per heavy atom. The molecule has 30 rings (SSSR count). The molecule has 702 valence electrons. The zero-order valence-corrected chi connectivity index (χ0v) is 82.1. The van der Waals surface area contributed by atoms with Gasteiger partial charge >= 0.3 is 0 Å². The highest BCUT2D eigenvalue weighted by Gasteiger charge is 2.26. The largest absolute Gasteiger partial charge is 0.309 e. The van der Waals surface area contributed by atoms with Crippen LogP contribution in [0.3, 0.4) is 0 Å². The van der Waals surface area contributed by atoms with Crippen molar-refractivity contribution < 1.29 is 0 Å². The first-order valence-electron chi connectivity index (χ1n) is 51.6. The van der Waals surface area contributed by atoms with E-state index in [1.807, 2.05) is 0 Å². The van der Waals surface area contributed by atoms with Crippen molar-refractivity contribution in [3.8, 4) is 134 Å². The molecule has 0 radical (unpaired) electrons. The maximum atomic E-state index is 2.48. The number of aromatic nitrogens is 6. The molecule has 6 heterocycles. The summed E-state index contributed by atoms with van der Waals surface area (Å²) >= 11 is 0. The molecule has 6 nitrogen and oxygen atoms in total. The van der Waals surface area contributed by atoms with Gasteiger partial charge in [-0.2, -0.15) is 0 Å². The van der Waals surface area contributed by atoms with Gasteiger partial charge in [0.1, 0.15) is 0 Å². The molecule has 0 spiro atoms. The molecule has 0 unspecified atom stereocenters. The lowest BCUT2D eigenvalue weighted by Gasteiger charge is -2.19. The van der Waals surface area contributed by atoms with Crippen LogP contribution in [-0.4, -0.2) is 27.4 Å². The normalized spacial score (nSPS) is 11.6. The number of para-hydroxylation sites is 10. The highest BCUT2D eigenvalue weighted by molar-refractivity contribution is 6.17. The molecule has 0 bridgehead atoms. The second-order valence-corrected chi connectivity index (χ2v) is 38.9. The lowest BCUT2D eigenvalue weighted by molar-refractivity contribution is 1.18. The summed E-state index contributed by atoms with van der Waals surface area (Å²) in [5.41, 5.74) is 43.1. The average Bonchev–Trinajstić information content (AvgIpc) is 1.57. The molecule has 0 saturated carbocycles. The number of fused-ring (bicyclic) bond motifs is 18. The van der Waals surface area contributed by atoms with Crippen molar-refractivity contribution in [2.24, 2.45) is 0 Å². The first-order valence-corrected chi connectivity index (χ1v) is 51.6. The molecule has 0 amide bonds. The summed E-state index contributed by atoms with van der Waals surface area (Å²) in [5, 5.41) is 15.1. The Labute approximate surface area is 868 Å². The molecule has 0 atom stereocenters. The Bertz CT molecular complexity index is 10200. The molecule has 0 saturated heterocycles. The van der Waals surface area contributed by atoms with Crippen molar-refractivity contribution in [1.82, 2.24) is 27.4 Å². The molecule has 6 heteroatoms. The zero-order chi connectivity index (χ0) is 99.1. The molecule has 0 aliphatic heterocycles. The highest BCUT2D eigenvalue weighted by atomic mass is 15.0. The molecule has 0 aliphatic rings. The van der Waals surface area contributed by atoms with Crippen molar-refractivity contribution >= 4 is 131 Å². The summed E-state index contributed by atoms with van der Waals surface area (Å²) in [5.74, 6) is 0. The summed E-state index contributed by atoms with van der Waals surface area (Å²) in [4.78, 5) is 0. The summed E-state index contributed by atoms with van der Waals surface area (Å²) in [6.45, 7) is 0. The van der Waals surface area contributed by atoms with Crippen LogP contribution >= 0.6 is 0 Å². The van der Waals surface area contributed by atoms with Crippen molar-refractivity contribution in [1.29, 1.82) is 0 Å². The van der Waals surface area contributed by atoms with Gasteiger partial charge in [0, 0.05) is 104 Å². The Morgan fingerprint density at radius 2 is 0.293 bits per heavy atom. The van der Waals surface area contributed by atoms with E-state index in [0.717, 1.165) is 28.4 Å². The van der Waals surface area contributed by atoms with Crippen LogP contribution in [0.4, 0.5) is 0 Å². The van der Waals surface area contributed by atoms with Gasteiger partial charge in [0.25, 0.3) is 0 Å². The van der Waals surface area contributed by atoms with Crippen LogP contribution in [0.1, 0.15) is 0 Å². The number of hydrogen-bond donors (Lipinski definition) is 0. The molecule has 0 N–H and O–H groups in total. The average molecular weight is 1910 g/mol. The third kappa shape index (κ3) is 15.4. The van der Waals surface area contributed by atoms with Gasteiger partial charge in [-0.05, 0) is 247 Å². The smallest absolute Gasteiger partial charge is 0.0618 e. The second-order valence-electron chi connectivity index (χ2n) is 38.9. The predicted octanol–water partition coefficient (Wildman–Crippen LogP) is 38.6. The molecule has 0 fully saturated rings. The van der Waals surface area contributed by atoms with Crippen LogP contribution in [0.5, 0.6) is 0 Å². The fraction of sp³-hybridized carbons (Fsp3) is 0. The Morgan fingerprint density at radius 1 is 0.0867 bits per heavy atom. The van der Waals surface area contributed by atoms with Gasteiger partial charge in [-0.15, -0.1) is 0 Å². The Kier molecular flexibility index (Phi) is 21.9. The number of nitrogens with zero attached hydrogens (tertiary/aromatic N) is 6. The monoisotopic (exact) mass is 1910 g/mol. The van der Waals surface area contributed by atoms with E-state index in [0.29, 0.717) is 0 Å². The first-order chi connectivity index (χ1) is 74.4. The van der Waals surface area contributed by atoms with E-state index in [-0.39, 0.29) is 0 Å². The molecule has 30 aromatic rings. The van der Waals surface area contributed by atoms with Crippen LogP contribution in [0.15, 0.2) is 582 Å². The summed E-state index contributed by atoms with van der Waals surface area (Å²) < 4.78 is 14.5. The summed E-state index contributed by atoms with van der Waals surface area (Å²) in [6.07, 6.45) is 0. The number of hydrogen-bond acceptors (Lipinski definition) is 0. The van der Waals surface area contributed by atoms with Gasteiger partial charge in [-0.25, -0.2) is 0 Å². The van der Waals surface area contributed by atoms with Gasteiger partial charge in [-0.3, -0.25) is 0 Å². The van der Waals surface area contributed by atoms with E-state index in [1.165, 1.54) is 237 Å². The van der Waals surface area contributed by atoms with Crippen molar-refractivity contribution in [2.45, 2.75) is 0 Å². The van der Waals surface area contributed by atoms with Gasteiger partial charge in [0.05, 0.1) is 71.9 Å². The molecule has 0 aliphatic carbocycles. The maximum absolute atomic E-state index is 2.48. The highest BCUT2D eigenvalue weighted by Crippen LogP contribution is 2.48. The lowest BCUT2D eigenvalue weighted by atomic mass is 9.94. The van der Waals surface area contributed by atoms with Gasteiger partial charge < -0.3 is 27.4 Å². The van der Waals surface area contributed by atoms with E-state index >= 15 is 0 Å². The van der Waals surface area contributed by atoms with Crippen LogP contribution in [0.2, 0.25) is 0 Å². The zero-order valence-electron chi connectivity index (χ0n) is 82.1. The minimum absolute atomic E-state index is 1.15. The lowest BCUT2D eigenvalue weighted by Crippen LogP contribution is -2.00. The van der Waals surface area contributed by atoms with E-state index < -0.39 is 0 Å². The van der Waals surface area contributed by atoms with E-state index in [4.69, 9.17) is 0 Å². The third-order valence-electron chi connectivity index (χ3n) is 30.3. The molecular formula is C144H96N6. The van der Waals surface area contributed by atoms with Crippen molar-refractivity contribution in [2.75, 3.05) is 0 Å². The number of rotatable bonds is 15. The van der Waals surface area contributed by atoms with Crippen molar-refractivity contribution in [3.05, 3.63) is 582 Å². The fourth-order valence-electron chi connectivity index (χ4n) is 23.5. The minimum atomic E-state index is 1.15. The quantitative estimate of drug-likeness (QED) is 0.0979. The van der Waals surface area contributed by atoms with E-state index in [9.17, 15) is 0 Å². The third-order valence-corrected chi connectivity index (χ3v) is 30.3. The minimum Gasteiger partial charge on any atom is -0.309 e. The van der Waals surface area contributed by atoms with Gasteiger partial charge in [-0.1, -0.05) is 425 Å². The van der Waals surface area contributed by atoms with Crippen LogP contribution in [0.25, 0.3) is 265 Å². The summed E-state index contributed by atoms with van der Waals surface area (Å²) in [6, 6.07) is 211. The number of benzene rings is 24. The molecule has 6 aromatic heterocycles.